The molecule has 1 amide bonds. The van der Waals surface area contributed by atoms with Gasteiger partial charge in [0.15, 0.2) is 5.78 Å². The number of nitrogens with zero attached hydrogens (tertiary/aromatic N) is 3. The van der Waals surface area contributed by atoms with Crippen molar-refractivity contribution in [1.29, 1.82) is 0 Å². The summed E-state index contributed by atoms with van der Waals surface area (Å²) in [6.45, 7) is 5.45. The van der Waals surface area contributed by atoms with Gasteiger partial charge in [0.2, 0.25) is 0 Å². The van der Waals surface area contributed by atoms with Crippen molar-refractivity contribution in [3.8, 4) is 0 Å². The highest BCUT2D eigenvalue weighted by Gasteiger charge is 2.16. The summed E-state index contributed by atoms with van der Waals surface area (Å²) in [4.78, 5) is 23.6. The van der Waals surface area contributed by atoms with Crippen LogP contribution in [0.2, 0.25) is 0 Å². The molecule has 0 bridgehead atoms. The standard InChI is InChI=1S/C14H18N4O2/c1-9(2)18-13(5-6-15-18)16-14(20)12-7-11(10(3)19)8-17(12)4/h5-9H,1-4H3,(H,16,20). The van der Waals surface area contributed by atoms with E-state index in [9.17, 15) is 9.59 Å². The van der Waals surface area contributed by atoms with Crippen LogP contribution in [0.5, 0.6) is 0 Å². The number of hydrogen-bond donors (Lipinski definition) is 1. The van der Waals surface area contributed by atoms with E-state index < -0.39 is 0 Å². The molecule has 0 atom stereocenters. The number of rotatable bonds is 4. The minimum absolute atomic E-state index is 0.0631. The molecule has 2 rings (SSSR count). The fourth-order valence-electron chi connectivity index (χ4n) is 1.99. The summed E-state index contributed by atoms with van der Waals surface area (Å²) in [6.07, 6.45) is 3.29. The number of hydrogen-bond acceptors (Lipinski definition) is 3. The quantitative estimate of drug-likeness (QED) is 0.869. The molecule has 0 aliphatic carbocycles. The van der Waals surface area contributed by atoms with Crippen molar-refractivity contribution < 1.29 is 9.59 Å². The lowest BCUT2D eigenvalue weighted by Crippen LogP contribution is -2.18. The summed E-state index contributed by atoms with van der Waals surface area (Å²) < 4.78 is 3.37. The molecule has 2 heterocycles. The molecule has 0 saturated heterocycles. The Hall–Kier alpha value is -2.37. The molecule has 0 saturated carbocycles. The molecule has 0 aliphatic rings. The third kappa shape index (κ3) is 2.64. The third-order valence-corrected chi connectivity index (χ3v) is 3.05. The number of aromatic nitrogens is 3. The van der Waals surface area contributed by atoms with Crippen LogP contribution in [0.4, 0.5) is 5.82 Å². The molecule has 6 nitrogen and oxygen atoms in total. The highest BCUT2D eigenvalue weighted by atomic mass is 16.2. The highest BCUT2D eigenvalue weighted by Crippen LogP contribution is 2.15. The van der Waals surface area contributed by atoms with Crippen LogP contribution in [-0.4, -0.2) is 26.0 Å². The van der Waals surface area contributed by atoms with Gasteiger partial charge in [-0.25, -0.2) is 4.68 Å². The molecule has 0 aromatic carbocycles. The lowest BCUT2D eigenvalue weighted by molar-refractivity contribution is 0.101. The summed E-state index contributed by atoms with van der Waals surface area (Å²) in [5.41, 5.74) is 0.960. The number of Topliss-reactive ketones (excluding diaryl/α,β-unsaturated/α-hetero) is 1. The molecule has 2 aromatic heterocycles. The summed E-state index contributed by atoms with van der Waals surface area (Å²) in [6, 6.07) is 3.49. The van der Waals surface area contributed by atoms with Crippen LogP contribution in [0.1, 0.15) is 47.7 Å². The second-order valence-corrected chi connectivity index (χ2v) is 4.99. The van der Waals surface area contributed by atoms with Gasteiger partial charge < -0.3 is 9.88 Å². The van der Waals surface area contributed by atoms with Gasteiger partial charge >= 0.3 is 0 Å². The summed E-state index contributed by atoms with van der Waals surface area (Å²) in [5, 5.41) is 6.97. The van der Waals surface area contributed by atoms with E-state index in [2.05, 4.69) is 10.4 Å². The fraction of sp³-hybridized carbons (Fsp3) is 0.357. The van der Waals surface area contributed by atoms with E-state index in [0.29, 0.717) is 17.1 Å². The zero-order chi connectivity index (χ0) is 14.9. The van der Waals surface area contributed by atoms with Gasteiger partial charge in [-0.1, -0.05) is 0 Å². The number of aryl methyl sites for hydroxylation is 1. The first-order valence-corrected chi connectivity index (χ1v) is 6.42. The van der Waals surface area contributed by atoms with Crippen molar-refractivity contribution in [1.82, 2.24) is 14.3 Å². The maximum Gasteiger partial charge on any atom is 0.273 e. The number of amides is 1. The van der Waals surface area contributed by atoms with E-state index in [0.717, 1.165) is 0 Å². The Labute approximate surface area is 117 Å². The minimum Gasteiger partial charge on any atom is -0.346 e. The van der Waals surface area contributed by atoms with E-state index in [4.69, 9.17) is 0 Å². The average molecular weight is 274 g/mol. The van der Waals surface area contributed by atoms with Gasteiger partial charge in [0, 0.05) is 30.9 Å². The monoisotopic (exact) mass is 274 g/mol. The van der Waals surface area contributed by atoms with Crippen LogP contribution in [-0.2, 0) is 7.05 Å². The predicted molar refractivity (Wildman–Crippen MR) is 76.0 cm³/mol. The predicted octanol–water partition coefficient (Wildman–Crippen LogP) is 2.26. The van der Waals surface area contributed by atoms with E-state index in [-0.39, 0.29) is 17.7 Å². The minimum atomic E-state index is -0.262. The molecule has 20 heavy (non-hydrogen) atoms. The molecule has 1 N–H and O–H groups in total. The number of nitrogens with one attached hydrogen (secondary N) is 1. The molecule has 2 aromatic rings. The van der Waals surface area contributed by atoms with Gasteiger partial charge in [-0.15, -0.1) is 0 Å². The average Bonchev–Trinajstić information content (AvgIpc) is 2.95. The van der Waals surface area contributed by atoms with Gasteiger partial charge in [-0.05, 0) is 26.8 Å². The third-order valence-electron chi connectivity index (χ3n) is 3.05. The van der Waals surface area contributed by atoms with Gasteiger partial charge in [-0.2, -0.15) is 5.10 Å². The molecule has 6 heteroatoms. The van der Waals surface area contributed by atoms with Crippen LogP contribution in [0.3, 0.4) is 0 Å². The van der Waals surface area contributed by atoms with E-state index in [1.807, 2.05) is 13.8 Å². The number of anilines is 1. The SMILES string of the molecule is CC(=O)c1cc(C(=O)Nc2ccnn2C(C)C)n(C)c1. The van der Waals surface area contributed by atoms with Crippen molar-refractivity contribution in [2.45, 2.75) is 26.8 Å². The summed E-state index contributed by atoms with van der Waals surface area (Å²) in [7, 11) is 1.74. The van der Waals surface area contributed by atoms with Crippen LogP contribution in [0, 0.1) is 0 Å². The first kappa shape index (κ1) is 14.0. The van der Waals surface area contributed by atoms with Crippen molar-refractivity contribution in [3.05, 3.63) is 35.8 Å². The molecule has 0 aliphatic heterocycles. The molecular weight excluding hydrogens is 256 g/mol. The van der Waals surface area contributed by atoms with E-state index >= 15 is 0 Å². The Bertz CT molecular complexity index is 652. The largest absolute Gasteiger partial charge is 0.346 e. The number of carbonyl (C=O) groups excluding carboxylic acids is 2. The molecule has 0 spiro atoms. The smallest absolute Gasteiger partial charge is 0.273 e. The van der Waals surface area contributed by atoms with Crippen LogP contribution in [0.25, 0.3) is 0 Å². The second-order valence-electron chi connectivity index (χ2n) is 4.99. The molecule has 106 valence electrons. The molecule has 0 radical (unpaired) electrons. The van der Waals surface area contributed by atoms with Crippen LogP contribution in [0.15, 0.2) is 24.5 Å². The maximum atomic E-state index is 12.3. The Kier molecular flexibility index (Phi) is 3.74. The molecule has 0 unspecified atom stereocenters. The van der Waals surface area contributed by atoms with Crippen LogP contribution >= 0.6 is 0 Å². The first-order valence-electron chi connectivity index (χ1n) is 6.42. The van der Waals surface area contributed by atoms with Gasteiger partial charge in [-0.3, -0.25) is 9.59 Å². The molecular formula is C14H18N4O2. The zero-order valence-electron chi connectivity index (χ0n) is 12.0. The Balaban J connectivity index is 2.24. The Morgan fingerprint density at radius 3 is 2.60 bits per heavy atom. The normalized spacial score (nSPS) is 10.8. The number of carbonyl (C=O) groups is 2. The van der Waals surface area contributed by atoms with Gasteiger partial charge in [0.05, 0.1) is 6.20 Å². The Morgan fingerprint density at radius 1 is 1.35 bits per heavy atom. The van der Waals surface area contributed by atoms with Crippen LogP contribution < -0.4 is 5.32 Å². The fourth-order valence-corrected chi connectivity index (χ4v) is 1.99. The van der Waals surface area contributed by atoms with Gasteiger partial charge in [0.25, 0.3) is 5.91 Å². The van der Waals surface area contributed by atoms with Crippen molar-refractivity contribution >= 4 is 17.5 Å². The first-order chi connectivity index (χ1) is 9.40. The van der Waals surface area contributed by atoms with Crippen molar-refractivity contribution in [2.75, 3.05) is 5.32 Å². The second kappa shape index (κ2) is 5.32. The maximum absolute atomic E-state index is 12.3. The number of ketones is 1. The lowest BCUT2D eigenvalue weighted by atomic mass is 10.2. The summed E-state index contributed by atoms with van der Waals surface area (Å²) >= 11 is 0. The van der Waals surface area contributed by atoms with Crippen molar-refractivity contribution in [2.24, 2.45) is 7.05 Å². The van der Waals surface area contributed by atoms with E-state index in [1.165, 1.54) is 6.92 Å². The topological polar surface area (TPSA) is 68.9 Å². The molecule has 0 fully saturated rings. The Morgan fingerprint density at radius 2 is 2.05 bits per heavy atom. The van der Waals surface area contributed by atoms with Gasteiger partial charge in [0.1, 0.15) is 11.5 Å². The summed E-state index contributed by atoms with van der Waals surface area (Å²) in [5.74, 6) is 0.310. The zero-order valence-corrected chi connectivity index (χ0v) is 12.0. The van der Waals surface area contributed by atoms with E-state index in [1.54, 1.807) is 40.8 Å². The van der Waals surface area contributed by atoms with Crippen molar-refractivity contribution in [3.63, 3.8) is 0 Å². The lowest BCUT2D eigenvalue weighted by Gasteiger charge is -2.11. The highest BCUT2D eigenvalue weighted by molar-refractivity contribution is 6.05.